The van der Waals surface area contributed by atoms with Crippen molar-refractivity contribution < 1.29 is 9.53 Å². The van der Waals surface area contributed by atoms with E-state index in [4.69, 9.17) is 10.5 Å². The Labute approximate surface area is 120 Å². The molecular weight excluding hydrogens is 252 g/mol. The van der Waals surface area contributed by atoms with Crippen molar-refractivity contribution in [3.05, 3.63) is 34.9 Å². The zero-order valence-corrected chi connectivity index (χ0v) is 12.6. The van der Waals surface area contributed by atoms with Gasteiger partial charge in [0.2, 0.25) is 0 Å². The van der Waals surface area contributed by atoms with Gasteiger partial charge in [0.15, 0.2) is 0 Å². The fourth-order valence-electron chi connectivity index (χ4n) is 2.41. The SMILES string of the molecule is CC(C)(C)OC(=O)N1CCc2cc(CCN)ccc2C1. The Hall–Kier alpha value is -1.55. The Morgan fingerprint density at radius 3 is 2.75 bits per heavy atom. The molecule has 1 aliphatic rings. The Bertz CT molecular complexity index is 492. The Morgan fingerprint density at radius 2 is 2.10 bits per heavy atom. The number of amides is 1. The third-order valence-electron chi connectivity index (χ3n) is 3.37. The molecule has 110 valence electrons. The summed E-state index contributed by atoms with van der Waals surface area (Å²) in [6, 6.07) is 6.43. The predicted octanol–water partition coefficient (Wildman–Crippen LogP) is 2.48. The van der Waals surface area contributed by atoms with E-state index in [2.05, 4.69) is 18.2 Å². The summed E-state index contributed by atoms with van der Waals surface area (Å²) >= 11 is 0. The van der Waals surface area contributed by atoms with Crippen molar-refractivity contribution in [1.29, 1.82) is 0 Å². The normalized spacial score (nSPS) is 14.9. The van der Waals surface area contributed by atoms with E-state index < -0.39 is 5.60 Å². The van der Waals surface area contributed by atoms with Crippen LogP contribution >= 0.6 is 0 Å². The second-order valence-electron chi connectivity index (χ2n) is 6.29. The molecule has 0 aromatic heterocycles. The standard InChI is InChI=1S/C16H24N2O2/c1-16(2,3)20-15(19)18-9-7-13-10-12(6-8-17)4-5-14(13)11-18/h4-5,10H,6-9,11,17H2,1-3H3. The average Bonchev–Trinajstić information content (AvgIpc) is 2.36. The summed E-state index contributed by atoms with van der Waals surface area (Å²) in [6.45, 7) is 7.69. The molecule has 0 bridgehead atoms. The molecule has 0 spiro atoms. The van der Waals surface area contributed by atoms with Gasteiger partial charge in [0, 0.05) is 13.1 Å². The molecule has 1 aliphatic heterocycles. The summed E-state index contributed by atoms with van der Waals surface area (Å²) in [4.78, 5) is 13.9. The van der Waals surface area contributed by atoms with Crippen LogP contribution in [0.25, 0.3) is 0 Å². The maximum Gasteiger partial charge on any atom is 0.410 e. The smallest absolute Gasteiger partial charge is 0.410 e. The van der Waals surface area contributed by atoms with Crippen LogP contribution in [0.2, 0.25) is 0 Å². The number of nitrogens with zero attached hydrogens (tertiary/aromatic N) is 1. The summed E-state index contributed by atoms with van der Waals surface area (Å²) in [7, 11) is 0. The van der Waals surface area contributed by atoms with E-state index in [1.165, 1.54) is 16.7 Å². The summed E-state index contributed by atoms with van der Waals surface area (Å²) in [6.07, 6.45) is 1.56. The first kappa shape index (κ1) is 14.9. The maximum absolute atomic E-state index is 12.1. The largest absolute Gasteiger partial charge is 0.444 e. The highest BCUT2D eigenvalue weighted by Crippen LogP contribution is 2.22. The lowest BCUT2D eigenvalue weighted by atomic mass is 9.96. The monoisotopic (exact) mass is 276 g/mol. The van der Waals surface area contributed by atoms with Crippen LogP contribution in [0.3, 0.4) is 0 Å². The van der Waals surface area contributed by atoms with Gasteiger partial charge in [0.1, 0.15) is 5.60 Å². The van der Waals surface area contributed by atoms with E-state index >= 15 is 0 Å². The molecule has 2 N–H and O–H groups in total. The van der Waals surface area contributed by atoms with Crippen LogP contribution in [-0.4, -0.2) is 29.7 Å². The number of hydrogen-bond acceptors (Lipinski definition) is 3. The van der Waals surface area contributed by atoms with Gasteiger partial charge in [-0.2, -0.15) is 0 Å². The fourth-order valence-corrected chi connectivity index (χ4v) is 2.41. The van der Waals surface area contributed by atoms with Gasteiger partial charge in [-0.25, -0.2) is 4.79 Å². The number of benzene rings is 1. The molecule has 0 radical (unpaired) electrons. The highest BCUT2D eigenvalue weighted by Gasteiger charge is 2.25. The molecule has 1 aromatic carbocycles. The minimum absolute atomic E-state index is 0.228. The summed E-state index contributed by atoms with van der Waals surface area (Å²) in [5.41, 5.74) is 8.96. The Kier molecular flexibility index (Phi) is 4.33. The fraction of sp³-hybridized carbons (Fsp3) is 0.562. The van der Waals surface area contributed by atoms with Crippen LogP contribution in [-0.2, 0) is 24.1 Å². The number of fused-ring (bicyclic) bond motifs is 1. The average molecular weight is 276 g/mol. The zero-order valence-electron chi connectivity index (χ0n) is 12.6. The minimum atomic E-state index is -0.442. The van der Waals surface area contributed by atoms with Crippen molar-refractivity contribution >= 4 is 6.09 Å². The lowest BCUT2D eigenvalue weighted by molar-refractivity contribution is 0.0224. The van der Waals surface area contributed by atoms with E-state index in [-0.39, 0.29) is 6.09 Å². The molecule has 1 aromatic rings. The topological polar surface area (TPSA) is 55.6 Å². The zero-order chi connectivity index (χ0) is 14.8. The third-order valence-corrected chi connectivity index (χ3v) is 3.37. The highest BCUT2D eigenvalue weighted by molar-refractivity contribution is 5.68. The molecular formula is C16H24N2O2. The quantitative estimate of drug-likeness (QED) is 0.903. The molecule has 0 atom stereocenters. The molecule has 0 aliphatic carbocycles. The number of carbonyl (C=O) groups excluding carboxylic acids is 1. The van der Waals surface area contributed by atoms with Gasteiger partial charge >= 0.3 is 6.09 Å². The van der Waals surface area contributed by atoms with Gasteiger partial charge in [0.05, 0.1) is 0 Å². The van der Waals surface area contributed by atoms with E-state index in [1.807, 2.05) is 20.8 Å². The molecule has 0 fully saturated rings. The van der Waals surface area contributed by atoms with Crippen molar-refractivity contribution in [2.24, 2.45) is 5.73 Å². The van der Waals surface area contributed by atoms with E-state index in [1.54, 1.807) is 4.90 Å². The van der Waals surface area contributed by atoms with Crippen molar-refractivity contribution in [1.82, 2.24) is 4.90 Å². The highest BCUT2D eigenvalue weighted by atomic mass is 16.6. The Balaban J connectivity index is 2.06. The molecule has 2 rings (SSSR count). The van der Waals surface area contributed by atoms with Crippen LogP contribution in [0.5, 0.6) is 0 Å². The molecule has 0 saturated carbocycles. The van der Waals surface area contributed by atoms with Crippen molar-refractivity contribution in [3.8, 4) is 0 Å². The third kappa shape index (κ3) is 3.73. The molecule has 0 unspecified atom stereocenters. The number of nitrogens with two attached hydrogens (primary N) is 1. The van der Waals surface area contributed by atoms with Gasteiger partial charge in [-0.1, -0.05) is 18.2 Å². The summed E-state index contributed by atoms with van der Waals surface area (Å²) in [5, 5.41) is 0. The summed E-state index contributed by atoms with van der Waals surface area (Å²) in [5.74, 6) is 0. The van der Waals surface area contributed by atoms with E-state index in [0.29, 0.717) is 19.6 Å². The molecule has 0 saturated heterocycles. The molecule has 4 nitrogen and oxygen atoms in total. The molecule has 1 amide bonds. The van der Waals surface area contributed by atoms with Gasteiger partial charge in [0.25, 0.3) is 0 Å². The number of rotatable bonds is 2. The van der Waals surface area contributed by atoms with Crippen molar-refractivity contribution in [2.45, 2.75) is 45.8 Å². The van der Waals surface area contributed by atoms with Crippen LogP contribution in [0.4, 0.5) is 4.79 Å². The van der Waals surface area contributed by atoms with Crippen LogP contribution in [0.1, 0.15) is 37.5 Å². The summed E-state index contributed by atoms with van der Waals surface area (Å²) < 4.78 is 5.42. The van der Waals surface area contributed by atoms with Crippen molar-refractivity contribution in [2.75, 3.05) is 13.1 Å². The van der Waals surface area contributed by atoms with Gasteiger partial charge < -0.3 is 15.4 Å². The van der Waals surface area contributed by atoms with Crippen molar-refractivity contribution in [3.63, 3.8) is 0 Å². The maximum atomic E-state index is 12.1. The number of hydrogen-bond donors (Lipinski definition) is 1. The predicted molar refractivity (Wildman–Crippen MR) is 79.5 cm³/mol. The van der Waals surface area contributed by atoms with Gasteiger partial charge in [-0.3, -0.25) is 0 Å². The lowest BCUT2D eigenvalue weighted by Crippen LogP contribution is -2.39. The molecule has 4 heteroatoms. The second kappa shape index (κ2) is 5.83. The van der Waals surface area contributed by atoms with E-state index in [9.17, 15) is 4.79 Å². The minimum Gasteiger partial charge on any atom is -0.444 e. The first-order valence-electron chi connectivity index (χ1n) is 7.18. The van der Waals surface area contributed by atoms with Crippen LogP contribution < -0.4 is 5.73 Å². The molecule has 20 heavy (non-hydrogen) atoms. The molecule has 1 heterocycles. The lowest BCUT2D eigenvalue weighted by Gasteiger charge is -2.31. The number of carbonyl (C=O) groups is 1. The second-order valence-corrected chi connectivity index (χ2v) is 6.29. The first-order valence-corrected chi connectivity index (χ1v) is 7.18. The Morgan fingerprint density at radius 1 is 1.35 bits per heavy atom. The van der Waals surface area contributed by atoms with Crippen LogP contribution in [0, 0.1) is 0 Å². The first-order chi connectivity index (χ1) is 9.39. The van der Waals surface area contributed by atoms with Crippen LogP contribution in [0.15, 0.2) is 18.2 Å². The van der Waals surface area contributed by atoms with E-state index in [0.717, 1.165) is 12.8 Å². The van der Waals surface area contributed by atoms with Gasteiger partial charge in [-0.15, -0.1) is 0 Å². The van der Waals surface area contributed by atoms with Gasteiger partial charge in [-0.05, 0) is 56.8 Å². The number of ether oxygens (including phenoxy) is 1.